The van der Waals surface area contributed by atoms with Gasteiger partial charge in [0.2, 0.25) is 5.89 Å². The van der Waals surface area contributed by atoms with E-state index >= 15 is 0 Å². The molecule has 0 unspecified atom stereocenters. The van der Waals surface area contributed by atoms with E-state index in [2.05, 4.69) is 115 Å². The molecule has 0 fully saturated rings. The second-order valence-electron chi connectivity index (χ2n) is 11.9. The lowest BCUT2D eigenvalue weighted by molar-refractivity contribution is 0.620. The smallest absolute Gasteiger partial charge is 0.227 e. The molecule has 0 amide bonds. The first kappa shape index (κ1) is 26.9. The Morgan fingerprint density at radius 2 is 0.958 bits per heavy atom. The zero-order valence-electron chi connectivity index (χ0n) is 25.5. The molecule has 0 saturated heterocycles. The molecule has 7 aromatic carbocycles. The number of hydrogen-bond acceptors (Lipinski definition) is 6. The third-order valence-corrected chi connectivity index (χ3v) is 10.0. The second-order valence-corrected chi connectivity index (χ2v) is 13.0. The molecule has 10 rings (SSSR count). The van der Waals surface area contributed by atoms with Crippen molar-refractivity contribution in [3.05, 3.63) is 146 Å². The Balaban J connectivity index is 1.11. The Bertz CT molecular complexity index is 2860. The maximum absolute atomic E-state index is 6.31. The zero-order valence-corrected chi connectivity index (χ0v) is 26.3. The highest BCUT2D eigenvalue weighted by molar-refractivity contribution is 7.25. The third-order valence-electron chi connectivity index (χ3n) is 8.91. The van der Waals surface area contributed by atoms with Gasteiger partial charge >= 0.3 is 0 Å². The van der Waals surface area contributed by atoms with Crippen LogP contribution < -0.4 is 0 Å². The molecule has 0 atom stereocenters. The Morgan fingerprint density at radius 3 is 1.69 bits per heavy atom. The van der Waals surface area contributed by atoms with Crippen molar-refractivity contribution in [2.45, 2.75) is 0 Å². The van der Waals surface area contributed by atoms with Crippen molar-refractivity contribution in [1.82, 2.24) is 19.9 Å². The Kier molecular flexibility index (Phi) is 5.98. The summed E-state index contributed by atoms with van der Waals surface area (Å²) in [4.78, 5) is 19.9. The van der Waals surface area contributed by atoms with E-state index in [9.17, 15) is 0 Å². The zero-order chi connectivity index (χ0) is 31.6. The van der Waals surface area contributed by atoms with Crippen LogP contribution in [0.2, 0.25) is 0 Å². The predicted molar refractivity (Wildman–Crippen MR) is 197 cm³/mol. The largest absolute Gasteiger partial charge is 0.436 e. The molecule has 3 heterocycles. The van der Waals surface area contributed by atoms with E-state index < -0.39 is 0 Å². The molecular weight excluding hydrogens is 609 g/mol. The Hall–Kier alpha value is -6.24. The van der Waals surface area contributed by atoms with Crippen LogP contribution >= 0.6 is 11.3 Å². The molecule has 10 aromatic rings. The number of benzene rings is 7. The van der Waals surface area contributed by atoms with Crippen molar-refractivity contribution in [2.24, 2.45) is 0 Å². The van der Waals surface area contributed by atoms with Gasteiger partial charge in [0.05, 0.1) is 0 Å². The quantitative estimate of drug-likeness (QED) is 0.193. The van der Waals surface area contributed by atoms with Crippen LogP contribution in [-0.4, -0.2) is 19.9 Å². The highest BCUT2D eigenvalue weighted by Crippen LogP contribution is 2.39. The van der Waals surface area contributed by atoms with Gasteiger partial charge < -0.3 is 4.42 Å². The van der Waals surface area contributed by atoms with Gasteiger partial charge in [-0.2, -0.15) is 0 Å². The van der Waals surface area contributed by atoms with Gasteiger partial charge in [0.1, 0.15) is 5.52 Å². The molecule has 0 aliphatic rings. The first-order chi connectivity index (χ1) is 23.7. The van der Waals surface area contributed by atoms with Crippen molar-refractivity contribution in [1.29, 1.82) is 0 Å². The molecule has 48 heavy (non-hydrogen) atoms. The van der Waals surface area contributed by atoms with Crippen LogP contribution in [0, 0.1) is 0 Å². The van der Waals surface area contributed by atoms with Crippen LogP contribution in [0.5, 0.6) is 0 Å². The summed E-state index contributed by atoms with van der Waals surface area (Å²) in [6.07, 6.45) is 0. The van der Waals surface area contributed by atoms with E-state index in [1.807, 2.05) is 30.3 Å². The summed E-state index contributed by atoms with van der Waals surface area (Å²) >= 11 is 1.75. The maximum atomic E-state index is 6.31. The summed E-state index contributed by atoms with van der Waals surface area (Å²) in [6.45, 7) is 0. The van der Waals surface area contributed by atoms with Gasteiger partial charge in [0.15, 0.2) is 23.1 Å². The van der Waals surface area contributed by atoms with Gasteiger partial charge in [0, 0.05) is 48.5 Å². The number of oxazole rings is 1. The van der Waals surface area contributed by atoms with Gasteiger partial charge in [-0.25, -0.2) is 19.9 Å². The van der Waals surface area contributed by atoms with Crippen molar-refractivity contribution in [3.8, 4) is 45.6 Å². The van der Waals surface area contributed by atoms with Crippen LogP contribution in [0.3, 0.4) is 0 Å². The van der Waals surface area contributed by atoms with Gasteiger partial charge in [-0.3, -0.25) is 0 Å². The summed E-state index contributed by atoms with van der Waals surface area (Å²) in [7, 11) is 0. The van der Waals surface area contributed by atoms with Crippen LogP contribution in [-0.2, 0) is 0 Å². The van der Waals surface area contributed by atoms with Gasteiger partial charge in [-0.05, 0) is 64.0 Å². The average Bonchev–Trinajstić information content (AvgIpc) is 3.73. The van der Waals surface area contributed by atoms with Crippen LogP contribution in [0.25, 0.3) is 98.4 Å². The average molecular weight is 633 g/mol. The van der Waals surface area contributed by atoms with Crippen LogP contribution in [0.1, 0.15) is 0 Å². The lowest BCUT2D eigenvalue weighted by Gasteiger charge is -2.09. The predicted octanol–water partition coefficient (Wildman–Crippen LogP) is 11.4. The molecule has 5 nitrogen and oxygen atoms in total. The fraction of sp³-hybridized carbons (Fsp3) is 0. The topological polar surface area (TPSA) is 64.7 Å². The molecule has 0 aliphatic carbocycles. The fourth-order valence-corrected chi connectivity index (χ4v) is 7.56. The van der Waals surface area contributed by atoms with E-state index in [0.29, 0.717) is 23.4 Å². The first-order valence-electron chi connectivity index (χ1n) is 15.8. The minimum absolute atomic E-state index is 0.623. The molecule has 0 radical (unpaired) electrons. The summed E-state index contributed by atoms with van der Waals surface area (Å²) in [5.41, 5.74) is 5.41. The highest BCUT2D eigenvalue weighted by Gasteiger charge is 2.16. The Labute approximate surface area is 278 Å². The molecule has 0 saturated carbocycles. The minimum Gasteiger partial charge on any atom is -0.436 e. The summed E-state index contributed by atoms with van der Waals surface area (Å²) < 4.78 is 8.64. The van der Waals surface area contributed by atoms with E-state index in [1.54, 1.807) is 11.3 Å². The van der Waals surface area contributed by atoms with E-state index in [4.69, 9.17) is 24.4 Å². The molecule has 6 heteroatoms. The summed E-state index contributed by atoms with van der Waals surface area (Å²) in [5, 5.41) is 6.95. The van der Waals surface area contributed by atoms with Crippen molar-refractivity contribution in [2.75, 3.05) is 0 Å². The molecule has 0 N–H and O–H groups in total. The standard InChI is InChI=1S/C42H24N4OS/c1-2-10-27(11-3-1)39-44-40(30-16-14-25-8-4-6-12-28(25)20-30)46-41(45-39)31-18-19-37-33(22-31)34-23-35-36(24-38(34)48-37)47-42(43-35)32-17-15-26-9-5-7-13-29(26)21-32/h1-24H. The monoisotopic (exact) mass is 632 g/mol. The number of hydrogen-bond donors (Lipinski definition) is 0. The van der Waals surface area contributed by atoms with Crippen molar-refractivity contribution < 1.29 is 4.42 Å². The fourth-order valence-electron chi connectivity index (χ4n) is 6.46. The minimum atomic E-state index is 0.623. The number of rotatable bonds is 4. The normalized spacial score (nSPS) is 11.8. The molecule has 3 aromatic heterocycles. The van der Waals surface area contributed by atoms with Crippen LogP contribution in [0.15, 0.2) is 150 Å². The van der Waals surface area contributed by atoms with E-state index in [0.717, 1.165) is 59.6 Å². The number of nitrogens with zero attached hydrogens (tertiary/aromatic N) is 4. The SMILES string of the molecule is c1ccc(-c2nc(-c3ccc4ccccc4c3)nc(-c3ccc4sc5cc6oc(-c7ccc8ccccc8c7)nc6cc5c4c3)n2)cc1. The maximum Gasteiger partial charge on any atom is 0.227 e. The molecule has 0 spiro atoms. The lowest BCUT2D eigenvalue weighted by atomic mass is 10.1. The van der Waals surface area contributed by atoms with Crippen molar-refractivity contribution in [3.63, 3.8) is 0 Å². The number of aromatic nitrogens is 4. The lowest BCUT2D eigenvalue weighted by Crippen LogP contribution is -2.00. The molecule has 0 bridgehead atoms. The summed E-state index contributed by atoms with van der Waals surface area (Å²) in [5.74, 6) is 2.54. The molecule has 0 aliphatic heterocycles. The van der Waals surface area contributed by atoms with E-state index in [-0.39, 0.29) is 0 Å². The number of thiophene rings is 1. The third kappa shape index (κ3) is 4.54. The first-order valence-corrected chi connectivity index (χ1v) is 16.6. The second kappa shape index (κ2) is 10.7. The number of fused-ring (bicyclic) bond motifs is 6. The highest BCUT2D eigenvalue weighted by atomic mass is 32.1. The van der Waals surface area contributed by atoms with Gasteiger partial charge in [-0.15, -0.1) is 11.3 Å². The molecular formula is C42H24N4OS. The van der Waals surface area contributed by atoms with E-state index in [1.165, 1.54) is 15.5 Å². The summed E-state index contributed by atoms with van der Waals surface area (Å²) in [6, 6.07) is 50.1. The van der Waals surface area contributed by atoms with Gasteiger partial charge in [-0.1, -0.05) is 97.1 Å². The van der Waals surface area contributed by atoms with Crippen molar-refractivity contribution >= 4 is 64.2 Å². The van der Waals surface area contributed by atoms with Gasteiger partial charge in [0.25, 0.3) is 0 Å². The molecule has 224 valence electrons. The van der Waals surface area contributed by atoms with Crippen LogP contribution in [0.4, 0.5) is 0 Å². The Morgan fingerprint density at radius 1 is 0.396 bits per heavy atom.